The highest BCUT2D eigenvalue weighted by molar-refractivity contribution is 6.39. The Hall–Kier alpha value is -4.18. The van der Waals surface area contributed by atoms with Gasteiger partial charge in [0, 0.05) is 69.8 Å². The zero-order chi connectivity index (χ0) is 49.4. The van der Waals surface area contributed by atoms with Gasteiger partial charge in [-0.05, 0) is 138 Å². The van der Waals surface area contributed by atoms with Gasteiger partial charge in [0.15, 0.2) is 0 Å². The van der Waals surface area contributed by atoms with Crippen LogP contribution < -0.4 is 4.74 Å². The van der Waals surface area contributed by atoms with Gasteiger partial charge >= 0.3 is 5.97 Å². The molecule has 2 aromatic rings. The first-order valence-electron chi connectivity index (χ1n) is 25.0. The van der Waals surface area contributed by atoms with Gasteiger partial charge in [0.25, 0.3) is 11.7 Å². The van der Waals surface area contributed by atoms with Gasteiger partial charge in [-0.3, -0.25) is 14.4 Å². The van der Waals surface area contributed by atoms with E-state index in [4.69, 9.17) is 28.4 Å². The van der Waals surface area contributed by atoms with Crippen LogP contribution in [0.15, 0.2) is 66.4 Å². The van der Waals surface area contributed by atoms with Crippen molar-refractivity contribution in [2.24, 2.45) is 29.6 Å². The average Bonchev–Trinajstić information content (AvgIpc) is 3.76. The summed E-state index contributed by atoms with van der Waals surface area (Å²) in [6.07, 6.45) is 8.26. The lowest BCUT2D eigenvalue weighted by Crippen LogP contribution is -2.64. The van der Waals surface area contributed by atoms with Gasteiger partial charge in [-0.2, -0.15) is 0 Å². The van der Waals surface area contributed by atoms with Crippen LogP contribution in [-0.2, 0) is 49.4 Å². The van der Waals surface area contributed by atoms with E-state index in [2.05, 4.69) is 48.5 Å². The molecule has 2 bridgehead atoms. The number of ether oxygens (including phenoxy) is 6. The van der Waals surface area contributed by atoms with E-state index in [9.17, 15) is 29.4 Å². The summed E-state index contributed by atoms with van der Waals surface area (Å²) in [5.41, 5.74) is 2.57. The fourth-order valence-electron chi connectivity index (χ4n) is 11.2. The number of aliphatic hydroxyl groups is 2. The number of piperidine rings is 1. The molecule has 14 nitrogen and oxygen atoms in total. The summed E-state index contributed by atoms with van der Waals surface area (Å²) in [5, 5.41) is 24.9. The number of amides is 1. The van der Waals surface area contributed by atoms with Crippen LogP contribution in [0.25, 0.3) is 10.9 Å². The minimum atomic E-state index is -2.55. The van der Waals surface area contributed by atoms with Crippen molar-refractivity contribution in [1.29, 1.82) is 0 Å². The number of carbonyl (C=O) groups is 4. The molecule has 14 heteroatoms. The molecule has 14 atom stereocenters. The maximum absolute atomic E-state index is 14.6. The van der Waals surface area contributed by atoms with Crippen molar-refractivity contribution in [1.82, 2.24) is 9.47 Å². The number of nitrogens with zero attached hydrogens (tertiary/aromatic N) is 2. The maximum atomic E-state index is 14.6. The standard InChI is InChI=1S/C54H78N2O12/c1-11-15-39-27-33(4)48(58)34(5)28-46(64-9)50-47(65-10)29-36(7)54(62,68-50)51(59)52(60)56-24-14-13-16-42(56)53(61)67-49(32(3)17-21-43(39)57)35(6)26-37-18-22-44(45(30-37)63-8)66-40-19-20-41-38(31-40)23-25-55(41)12-2/h11,19-20,23,25-27,31-32,34,36-37,39,42,44-50,58,62H,1,12-18,21-22,24,28-30H2,2-10H3. The number of methoxy groups -OCH3 is 3. The number of esters is 1. The van der Waals surface area contributed by atoms with E-state index in [0.717, 1.165) is 41.6 Å². The first-order chi connectivity index (χ1) is 32.5. The Morgan fingerprint density at radius 2 is 1.63 bits per heavy atom. The van der Waals surface area contributed by atoms with E-state index in [0.29, 0.717) is 37.7 Å². The highest BCUT2D eigenvalue weighted by atomic mass is 16.7. The number of allylic oxidation sites excluding steroid dienone is 3. The van der Waals surface area contributed by atoms with Gasteiger partial charge in [-0.25, -0.2) is 4.79 Å². The molecule has 3 fully saturated rings. The fraction of sp³-hybridized carbons (Fsp3) is 0.667. The molecule has 2 N–H and O–H groups in total. The maximum Gasteiger partial charge on any atom is 0.329 e. The summed E-state index contributed by atoms with van der Waals surface area (Å²) < 4.78 is 39.3. The van der Waals surface area contributed by atoms with Gasteiger partial charge < -0.3 is 48.1 Å². The number of fused-ring (bicyclic) bond motifs is 4. The van der Waals surface area contributed by atoms with Gasteiger partial charge in [0.1, 0.15) is 35.9 Å². The van der Waals surface area contributed by atoms with Crippen molar-refractivity contribution in [3.05, 3.63) is 66.4 Å². The summed E-state index contributed by atoms with van der Waals surface area (Å²) in [6.45, 7) is 16.2. The summed E-state index contributed by atoms with van der Waals surface area (Å²) in [4.78, 5) is 58.7. The third-order valence-electron chi connectivity index (χ3n) is 15.4. The lowest BCUT2D eigenvalue weighted by Gasteiger charge is -2.47. The van der Waals surface area contributed by atoms with Gasteiger partial charge in [-0.1, -0.05) is 39.0 Å². The SMILES string of the molecule is C=CCC1C=C(C)C(O)C(C)CC(OC)C2OC(O)(C(=O)C(=O)N3CCCCC3C(=O)OC(C(C)=CC3CCC(Oc4ccc5c(ccn5CC)c4)C(OC)C3)C(C)CCC1=O)C(C)CC2OC. The van der Waals surface area contributed by atoms with E-state index >= 15 is 0 Å². The predicted molar refractivity (Wildman–Crippen MR) is 259 cm³/mol. The molecule has 4 aliphatic rings. The average molecular weight is 947 g/mol. The molecule has 1 saturated carbocycles. The van der Waals surface area contributed by atoms with Crippen LogP contribution in [0.1, 0.15) is 112 Å². The summed E-state index contributed by atoms with van der Waals surface area (Å²) >= 11 is 0. The van der Waals surface area contributed by atoms with Crippen LogP contribution in [0.4, 0.5) is 0 Å². The minimum absolute atomic E-state index is 0.0267. The number of benzene rings is 1. The normalized spacial score (nSPS) is 35.5. The second-order valence-corrected chi connectivity index (χ2v) is 20.1. The smallest absolute Gasteiger partial charge is 0.329 e. The molecule has 14 unspecified atom stereocenters. The molecule has 0 radical (unpaired) electrons. The number of rotatable bonds is 10. The zero-order valence-electron chi connectivity index (χ0n) is 41.9. The van der Waals surface area contributed by atoms with Crippen molar-refractivity contribution in [3.63, 3.8) is 0 Å². The number of ketones is 2. The summed E-state index contributed by atoms with van der Waals surface area (Å²) in [5.74, 6) is -6.72. The number of aromatic nitrogens is 1. The van der Waals surface area contributed by atoms with Gasteiger partial charge in [0.2, 0.25) is 5.79 Å². The number of hydrogen-bond acceptors (Lipinski definition) is 12. The highest BCUT2D eigenvalue weighted by Gasteiger charge is 2.56. The Morgan fingerprint density at radius 3 is 2.32 bits per heavy atom. The van der Waals surface area contributed by atoms with E-state index in [1.807, 2.05) is 32.9 Å². The van der Waals surface area contributed by atoms with Crippen molar-refractivity contribution >= 4 is 34.3 Å². The molecular formula is C54H78N2O12. The number of cyclic esters (lactones) is 1. The van der Waals surface area contributed by atoms with Crippen molar-refractivity contribution < 1.29 is 57.8 Å². The minimum Gasteiger partial charge on any atom is -0.488 e. The van der Waals surface area contributed by atoms with Crippen LogP contribution >= 0.6 is 0 Å². The topological polar surface area (TPSA) is 172 Å². The Bertz CT molecular complexity index is 2150. The number of Topliss-reactive ketones (excluding diaryl/α,β-unsaturated/α-hetero) is 2. The van der Waals surface area contributed by atoms with Crippen LogP contribution in [0.5, 0.6) is 5.75 Å². The molecular weight excluding hydrogens is 869 g/mol. The van der Waals surface area contributed by atoms with Crippen LogP contribution in [-0.4, -0.2) is 126 Å². The summed E-state index contributed by atoms with van der Waals surface area (Å²) in [6, 6.07) is 7.17. The molecule has 1 aromatic carbocycles. The second kappa shape index (κ2) is 23.6. The van der Waals surface area contributed by atoms with Gasteiger partial charge in [-0.15, -0.1) is 6.58 Å². The van der Waals surface area contributed by atoms with Crippen LogP contribution in [0.3, 0.4) is 0 Å². The molecule has 1 aliphatic carbocycles. The number of carbonyl (C=O) groups excluding carboxylic acids is 4. The zero-order valence-corrected chi connectivity index (χ0v) is 41.9. The lowest BCUT2D eigenvalue weighted by atomic mass is 9.81. The van der Waals surface area contributed by atoms with Crippen molar-refractivity contribution in [2.75, 3.05) is 27.9 Å². The molecule has 376 valence electrons. The molecule has 0 spiro atoms. The Morgan fingerprint density at radius 1 is 0.912 bits per heavy atom. The number of aryl methyl sites for hydroxylation is 1. The van der Waals surface area contributed by atoms with E-state index < -0.39 is 77.8 Å². The Kier molecular flexibility index (Phi) is 18.5. The first-order valence-corrected chi connectivity index (χ1v) is 25.0. The molecule has 6 rings (SSSR count). The van der Waals surface area contributed by atoms with Crippen LogP contribution in [0.2, 0.25) is 0 Å². The summed E-state index contributed by atoms with van der Waals surface area (Å²) in [7, 11) is 4.69. The molecule has 1 amide bonds. The van der Waals surface area contributed by atoms with Gasteiger partial charge in [0.05, 0.1) is 24.4 Å². The molecule has 1 aromatic heterocycles. The molecule has 68 heavy (non-hydrogen) atoms. The predicted octanol–water partition coefficient (Wildman–Crippen LogP) is 7.70. The highest BCUT2D eigenvalue weighted by Crippen LogP contribution is 2.40. The Balaban J connectivity index is 1.30. The number of aliphatic hydroxyl groups excluding tert-OH is 1. The third-order valence-corrected chi connectivity index (χ3v) is 15.4. The number of hydrogen-bond donors (Lipinski definition) is 2. The third kappa shape index (κ3) is 11.9. The fourth-order valence-corrected chi connectivity index (χ4v) is 11.2. The monoisotopic (exact) mass is 947 g/mol. The largest absolute Gasteiger partial charge is 0.488 e. The van der Waals surface area contributed by atoms with E-state index in [1.165, 1.54) is 19.1 Å². The van der Waals surface area contributed by atoms with Crippen molar-refractivity contribution in [3.8, 4) is 5.75 Å². The van der Waals surface area contributed by atoms with Crippen LogP contribution in [0, 0.1) is 29.6 Å². The van der Waals surface area contributed by atoms with E-state index in [-0.39, 0.29) is 62.1 Å². The van der Waals surface area contributed by atoms with E-state index in [1.54, 1.807) is 27.0 Å². The Labute approximate surface area is 403 Å². The lowest BCUT2D eigenvalue weighted by molar-refractivity contribution is -0.302. The second-order valence-electron chi connectivity index (χ2n) is 20.1. The molecule has 2 saturated heterocycles. The molecule has 3 aliphatic heterocycles. The first kappa shape index (κ1) is 53.2. The molecule has 4 heterocycles. The van der Waals surface area contributed by atoms with Crippen molar-refractivity contribution in [2.45, 2.75) is 173 Å². The quantitative estimate of drug-likeness (QED) is 0.135.